The Kier molecular flexibility index (Phi) is 5.50. The lowest BCUT2D eigenvalue weighted by molar-refractivity contribution is -0.133. The lowest BCUT2D eigenvalue weighted by Crippen LogP contribution is -2.45. The summed E-state index contributed by atoms with van der Waals surface area (Å²) in [7, 11) is 2.02. The van der Waals surface area contributed by atoms with Gasteiger partial charge in [-0.15, -0.1) is 11.3 Å². The van der Waals surface area contributed by atoms with E-state index >= 15 is 0 Å². The van der Waals surface area contributed by atoms with E-state index in [4.69, 9.17) is 0 Å². The van der Waals surface area contributed by atoms with Gasteiger partial charge in [0.15, 0.2) is 0 Å². The van der Waals surface area contributed by atoms with Crippen molar-refractivity contribution >= 4 is 17.2 Å². The second kappa shape index (κ2) is 7.57. The number of nitrogens with zero attached hydrogens (tertiary/aromatic N) is 2. The summed E-state index contributed by atoms with van der Waals surface area (Å²) in [6, 6.07) is 2.17. The fourth-order valence-corrected chi connectivity index (χ4v) is 4.42. The Hall–Kier alpha value is -0.910. The molecule has 0 atom stereocenters. The molecule has 2 aliphatic heterocycles. The van der Waals surface area contributed by atoms with Crippen molar-refractivity contribution in [1.29, 1.82) is 0 Å². The highest BCUT2D eigenvalue weighted by molar-refractivity contribution is 7.10. The van der Waals surface area contributed by atoms with Crippen LogP contribution < -0.4 is 5.32 Å². The molecule has 0 bridgehead atoms. The van der Waals surface area contributed by atoms with Crippen LogP contribution in [-0.2, 0) is 17.8 Å². The van der Waals surface area contributed by atoms with Gasteiger partial charge in [-0.25, -0.2) is 0 Å². The van der Waals surface area contributed by atoms with Gasteiger partial charge in [0.25, 0.3) is 0 Å². The van der Waals surface area contributed by atoms with Crippen LogP contribution >= 0.6 is 11.3 Å². The highest BCUT2D eigenvalue weighted by Gasteiger charge is 2.25. The summed E-state index contributed by atoms with van der Waals surface area (Å²) in [4.78, 5) is 18.4. The molecule has 1 saturated heterocycles. The smallest absolute Gasteiger partial charge is 0.237 e. The third kappa shape index (κ3) is 3.89. The summed E-state index contributed by atoms with van der Waals surface area (Å²) >= 11 is 1.83. The number of piperidine rings is 1. The zero-order valence-electron chi connectivity index (χ0n) is 13.5. The Morgan fingerprint density at radius 3 is 2.95 bits per heavy atom. The van der Waals surface area contributed by atoms with Crippen LogP contribution in [0.2, 0.25) is 0 Å². The highest BCUT2D eigenvalue weighted by Crippen LogP contribution is 2.24. The van der Waals surface area contributed by atoms with Gasteiger partial charge in [0.2, 0.25) is 5.91 Å². The number of hydrogen-bond donors (Lipinski definition) is 1. The molecule has 0 aromatic carbocycles. The van der Waals surface area contributed by atoms with E-state index in [0.717, 1.165) is 45.1 Å². The first-order valence-corrected chi connectivity index (χ1v) is 9.34. The number of amides is 1. The molecule has 1 amide bonds. The van der Waals surface area contributed by atoms with Crippen molar-refractivity contribution in [3.05, 3.63) is 21.9 Å². The number of carbonyl (C=O) groups excluding carboxylic acids is 1. The van der Waals surface area contributed by atoms with Gasteiger partial charge in [0.05, 0.1) is 6.54 Å². The average Bonchev–Trinajstić information content (AvgIpc) is 3.01. The number of carbonyl (C=O) groups is 1. The van der Waals surface area contributed by atoms with Crippen molar-refractivity contribution in [3.63, 3.8) is 0 Å². The first-order valence-electron chi connectivity index (χ1n) is 8.46. The van der Waals surface area contributed by atoms with Crippen LogP contribution in [0.25, 0.3) is 0 Å². The quantitative estimate of drug-likeness (QED) is 0.900. The van der Waals surface area contributed by atoms with Crippen molar-refractivity contribution in [1.82, 2.24) is 15.1 Å². The Balaban J connectivity index is 1.43. The predicted octanol–water partition coefficient (Wildman–Crippen LogP) is 1.95. The first kappa shape index (κ1) is 16.0. The third-order valence-electron chi connectivity index (χ3n) is 5.03. The number of rotatable bonds is 5. The van der Waals surface area contributed by atoms with E-state index in [1.54, 1.807) is 0 Å². The van der Waals surface area contributed by atoms with E-state index in [9.17, 15) is 4.79 Å². The molecule has 1 aromatic heterocycles. The van der Waals surface area contributed by atoms with E-state index in [-0.39, 0.29) is 0 Å². The molecule has 0 aliphatic carbocycles. The Bertz CT molecular complexity index is 494. The molecule has 3 heterocycles. The number of nitrogens with one attached hydrogen (secondary N) is 1. The Morgan fingerprint density at radius 1 is 1.36 bits per heavy atom. The Labute approximate surface area is 137 Å². The summed E-state index contributed by atoms with van der Waals surface area (Å²) < 4.78 is 0. The normalized spacial score (nSPS) is 20.1. The minimum absolute atomic E-state index is 0.311. The zero-order chi connectivity index (χ0) is 15.4. The van der Waals surface area contributed by atoms with Gasteiger partial charge in [0, 0.05) is 18.0 Å². The van der Waals surface area contributed by atoms with Crippen molar-refractivity contribution in [3.8, 4) is 0 Å². The first-order chi connectivity index (χ1) is 10.8. The van der Waals surface area contributed by atoms with Crippen LogP contribution in [0.4, 0.5) is 0 Å². The summed E-state index contributed by atoms with van der Waals surface area (Å²) in [5.41, 5.74) is 1.36. The topological polar surface area (TPSA) is 35.6 Å². The van der Waals surface area contributed by atoms with Gasteiger partial charge in [-0.1, -0.05) is 0 Å². The number of likely N-dealkylation sites (tertiary alicyclic amines) is 1. The van der Waals surface area contributed by atoms with Crippen molar-refractivity contribution in [2.75, 3.05) is 39.8 Å². The molecule has 22 heavy (non-hydrogen) atoms. The maximum Gasteiger partial charge on any atom is 0.237 e. The number of hydrogen-bond acceptors (Lipinski definition) is 4. The summed E-state index contributed by atoms with van der Waals surface area (Å²) in [5.74, 6) is 1.15. The van der Waals surface area contributed by atoms with Crippen molar-refractivity contribution in [2.45, 2.75) is 32.2 Å². The molecular weight excluding hydrogens is 294 g/mol. The number of thiophene rings is 1. The van der Waals surface area contributed by atoms with Crippen LogP contribution in [0.3, 0.4) is 0 Å². The molecule has 0 spiro atoms. The van der Waals surface area contributed by atoms with Crippen LogP contribution in [0.1, 0.15) is 29.7 Å². The molecule has 5 heteroatoms. The summed E-state index contributed by atoms with van der Waals surface area (Å²) in [6.45, 7) is 5.59. The molecule has 0 radical (unpaired) electrons. The van der Waals surface area contributed by atoms with Gasteiger partial charge in [0.1, 0.15) is 0 Å². The van der Waals surface area contributed by atoms with Gasteiger partial charge >= 0.3 is 0 Å². The summed E-state index contributed by atoms with van der Waals surface area (Å²) in [6.07, 6.45) is 4.78. The molecule has 3 rings (SSSR count). The fraction of sp³-hybridized carbons (Fsp3) is 0.706. The average molecular weight is 321 g/mol. The van der Waals surface area contributed by atoms with E-state index in [1.165, 1.54) is 29.7 Å². The highest BCUT2D eigenvalue weighted by atomic mass is 32.1. The van der Waals surface area contributed by atoms with Crippen LogP contribution in [0, 0.1) is 5.92 Å². The van der Waals surface area contributed by atoms with Gasteiger partial charge in [-0.05, 0) is 75.3 Å². The van der Waals surface area contributed by atoms with Crippen LogP contribution in [-0.4, -0.2) is 55.5 Å². The third-order valence-corrected chi connectivity index (χ3v) is 6.05. The lowest BCUT2D eigenvalue weighted by Gasteiger charge is -2.34. The second-order valence-electron chi connectivity index (χ2n) is 6.55. The molecule has 1 N–H and O–H groups in total. The standard InChI is InChI=1S/C17H27N3OS/c1-18-7-2-14-3-8-19(9-4-14)13-17(21)20-10-5-16-15(12-20)6-11-22-16/h6,11,14,18H,2-5,7-10,12-13H2,1H3. The maximum atomic E-state index is 12.5. The molecule has 1 fully saturated rings. The monoisotopic (exact) mass is 321 g/mol. The molecule has 2 aliphatic rings. The number of fused-ring (bicyclic) bond motifs is 1. The fourth-order valence-electron chi connectivity index (χ4n) is 3.53. The molecule has 122 valence electrons. The van der Waals surface area contributed by atoms with Gasteiger partial charge < -0.3 is 10.2 Å². The van der Waals surface area contributed by atoms with E-state index in [1.807, 2.05) is 23.3 Å². The lowest BCUT2D eigenvalue weighted by atomic mass is 9.93. The van der Waals surface area contributed by atoms with E-state index in [2.05, 4.69) is 21.7 Å². The summed E-state index contributed by atoms with van der Waals surface area (Å²) in [5, 5.41) is 5.38. The minimum Gasteiger partial charge on any atom is -0.337 e. The van der Waals surface area contributed by atoms with Crippen molar-refractivity contribution in [2.24, 2.45) is 5.92 Å². The van der Waals surface area contributed by atoms with Crippen molar-refractivity contribution < 1.29 is 4.79 Å². The SMILES string of the molecule is CNCCC1CCN(CC(=O)N2CCc3sccc3C2)CC1. The molecule has 0 saturated carbocycles. The predicted molar refractivity (Wildman–Crippen MR) is 91.1 cm³/mol. The Morgan fingerprint density at radius 2 is 2.18 bits per heavy atom. The van der Waals surface area contributed by atoms with Gasteiger partial charge in [-0.3, -0.25) is 9.69 Å². The molecule has 1 aromatic rings. The molecular formula is C17H27N3OS. The maximum absolute atomic E-state index is 12.5. The largest absolute Gasteiger partial charge is 0.337 e. The molecule has 0 unspecified atom stereocenters. The second-order valence-corrected chi connectivity index (χ2v) is 7.55. The van der Waals surface area contributed by atoms with E-state index in [0.29, 0.717) is 12.5 Å². The van der Waals surface area contributed by atoms with Crippen LogP contribution in [0.5, 0.6) is 0 Å². The minimum atomic E-state index is 0.311. The van der Waals surface area contributed by atoms with E-state index < -0.39 is 0 Å². The van der Waals surface area contributed by atoms with Crippen LogP contribution in [0.15, 0.2) is 11.4 Å². The molecule has 4 nitrogen and oxygen atoms in total. The zero-order valence-corrected chi connectivity index (χ0v) is 14.3. The van der Waals surface area contributed by atoms with Gasteiger partial charge in [-0.2, -0.15) is 0 Å².